The lowest BCUT2D eigenvalue weighted by Gasteiger charge is -2.26. The number of nitrogens with one attached hydrogen (secondary N) is 1. The number of nitrogens with zero attached hydrogens (tertiary/aromatic N) is 1. The molecule has 1 aliphatic rings. The van der Waals surface area contributed by atoms with Gasteiger partial charge in [0.15, 0.2) is 5.75 Å². The number of alkyl halides is 3. The van der Waals surface area contributed by atoms with Gasteiger partial charge >= 0.3 is 6.36 Å². The number of hydrogen-bond donors (Lipinski definition) is 1. The molecule has 1 fully saturated rings. The third-order valence-electron chi connectivity index (χ3n) is 4.06. The topological polar surface area (TPSA) is 50.8 Å². The highest BCUT2D eigenvalue weighted by molar-refractivity contribution is 6.05. The number of carbonyl (C=O) groups excluding carboxylic acids is 1. The lowest BCUT2D eigenvalue weighted by atomic mass is 10.1. The number of rotatable bonds is 5. The average Bonchev–Trinajstić information content (AvgIpc) is 2.63. The van der Waals surface area contributed by atoms with Crippen molar-refractivity contribution in [2.45, 2.75) is 12.9 Å². The fourth-order valence-electron chi connectivity index (χ4n) is 2.81. The zero-order chi connectivity index (χ0) is 19.3. The Morgan fingerprint density at radius 2 is 1.85 bits per heavy atom. The number of carbonyl (C=O) groups is 1. The molecule has 8 heteroatoms. The quantitative estimate of drug-likeness (QED) is 0.860. The first-order valence-corrected chi connectivity index (χ1v) is 8.46. The van der Waals surface area contributed by atoms with Crippen molar-refractivity contribution in [1.82, 2.24) is 4.90 Å². The SMILES string of the molecule is O=C(Nc1ccccc1OC(F)(F)F)c1cccc(CN2CCOCC2)c1. The van der Waals surface area contributed by atoms with E-state index in [9.17, 15) is 18.0 Å². The summed E-state index contributed by atoms with van der Waals surface area (Å²) in [4.78, 5) is 14.7. The zero-order valence-electron chi connectivity index (χ0n) is 14.5. The third-order valence-corrected chi connectivity index (χ3v) is 4.06. The van der Waals surface area contributed by atoms with E-state index in [0.29, 0.717) is 25.3 Å². The van der Waals surface area contributed by atoms with E-state index in [1.54, 1.807) is 18.2 Å². The molecule has 144 valence electrons. The van der Waals surface area contributed by atoms with E-state index < -0.39 is 18.0 Å². The average molecular weight is 380 g/mol. The molecule has 0 aliphatic carbocycles. The number of morpholine rings is 1. The van der Waals surface area contributed by atoms with Gasteiger partial charge < -0.3 is 14.8 Å². The molecule has 0 aromatic heterocycles. The van der Waals surface area contributed by atoms with Crippen LogP contribution in [0.3, 0.4) is 0 Å². The van der Waals surface area contributed by atoms with Crippen molar-refractivity contribution in [3.63, 3.8) is 0 Å². The van der Waals surface area contributed by atoms with Crippen LogP contribution >= 0.6 is 0 Å². The maximum absolute atomic E-state index is 12.5. The third kappa shape index (κ3) is 5.70. The van der Waals surface area contributed by atoms with Gasteiger partial charge in [-0.25, -0.2) is 0 Å². The lowest BCUT2D eigenvalue weighted by Crippen LogP contribution is -2.35. The van der Waals surface area contributed by atoms with Crippen molar-refractivity contribution in [3.05, 3.63) is 59.7 Å². The number of ether oxygens (including phenoxy) is 2. The summed E-state index contributed by atoms with van der Waals surface area (Å²) in [6, 6.07) is 12.4. The van der Waals surface area contributed by atoms with Crippen molar-refractivity contribution >= 4 is 11.6 Å². The Balaban J connectivity index is 1.70. The van der Waals surface area contributed by atoms with Crippen LogP contribution in [0, 0.1) is 0 Å². The van der Waals surface area contributed by atoms with Crippen molar-refractivity contribution in [2.75, 3.05) is 31.6 Å². The van der Waals surface area contributed by atoms with E-state index >= 15 is 0 Å². The molecule has 0 unspecified atom stereocenters. The van der Waals surface area contributed by atoms with Gasteiger partial charge in [0.1, 0.15) is 0 Å². The van der Waals surface area contributed by atoms with Crippen LogP contribution in [0.15, 0.2) is 48.5 Å². The minimum absolute atomic E-state index is 0.0431. The number of benzene rings is 2. The van der Waals surface area contributed by atoms with Crippen LogP contribution in [-0.4, -0.2) is 43.5 Å². The number of amides is 1. The first-order chi connectivity index (χ1) is 12.9. The van der Waals surface area contributed by atoms with Crippen LogP contribution < -0.4 is 10.1 Å². The molecule has 0 saturated carbocycles. The van der Waals surface area contributed by atoms with E-state index in [4.69, 9.17) is 4.74 Å². The summed E-state index contributed by atoms with van der Waals surface area (Å²) in [5, 5.41) is 2.48. The molecule has 0 bridgehead atoms. The molecule has 1 amide bonds. The molecule has 0 atom stereocenters. The smallest absolute Gasteiger partial charge is 0.404 e. The second-order valence-electron chi connectivity index (χ2n) is 6.09. The van der Waals surface area contributed by atoms with E-state index in [1.807, 2.05) is 6.07 Å². The second kappa shape index (κ2) is 8.41. The minimum Gasteiger partial charge on any atom is -0.404 e. The summed E-state index contributed by atoms with van der Waals surface area (Å²) >= 11 is 0. The van der Waals surface area contributed by atoms with Gasteiger partial charge in [0.2, 0.25) is 0 Å². The summed E-state index contributed by atoms with van der Waals surface area (Å²) in [5.74, 6) is -0.958. The van der Waals surface area contributed by atoms with Crippen molar-refractivity contribution in [1.29, 1.82) is 0 Å². The second-order valence-corrected chi connectivity index (χ2v) is 6.09. The lowest BCUT2D eigenvalue weighted by molar-refractivity contribution is -0.274. The van der Waals surface area contributed by atoms with Crippen molar-refractivity contribution < 1.29 is 27.4 Å². The molecule has 1 heterocycles. The monoisotopic (exact) mass is 380 g/mol. The molecule has 0 radical (unpaired) electrons. The molecule has 2 aromatic carbocycles. The van der Waals surface area contributed by atoms with E-state index in [2.05, 4.69) is 15.0 Å². The maximum Gasteiger partial charge on any atom is 0.573 e. The standard InChI is InChI=1S/C19H19F3N2O3/c20-19(21,22)27-17-7-2-1-6-16(17)23-18(25)15-5-3-4-14(12-15)13-24-8-10-26-11-9-24/h1-7,12H,8-11,13H2,(H,23,25). The van der Waals surface area contributed by atoms with Crippen LogP contribution in [-0.2, 0) is 11.3 Å². The Hall–Kier alpha value is -2.58. The molecule has 1 aliphatic heterocycles. The van der Waals surface area contributed by atoms with Gasteiger partial charge in [-0.1, -0.05) is 24.3 Å². The first kappa shape index (κ1) is 19.2. The van der Waals surface area contributed by atoms with Crippen LogP contribution in [0.25, 0.3) is 0 Å². The van der Waals surface area contributed by atoms with E-state index in [-0.39, 0.29) is 5.69 Å². The summed E-state index contributed by atoms with van der Waals surface area (Å²) < 4.78 is 46.8. The van der Waals surface area contributed by atoms with Crippen LogP contribution in [0.2, 0.25) is 0 Å². The summed E-state index contributed by atoms with van der Waals surface area (Å²) in [7, 11) is 0. The fourth-order valence-corrected chi connectivity index (χ4v) is 2.81. The number of hydrogen-bond acceptors (Lipinski definition) is 4. The summed E-state index contributed by atoms with van der Waals surface area (Å²) in [6.07, 6.45) is -4.83. The van der Waals surface area contributed by atoms with Gasteiger partial charge in [-0.05, 0) is 29.8 Å². The molecule has 5 nitrogen and oxygen atoms in total. The van der Waals surface area contributed by atoms with Gasteiger partial charge in [0.25, 0.3) is 5.91 Å². The Labute approximate surface area is 154 Å². The van der Waals surface area contributed by atoms with Gasteiger partial charge in [0, 0.05) is 25.2 Å². The Kier molecular flexibility index (Phi) is 5.98. The van der Waals surface area contributed by atoms with Crippen molar-refractivity contribution in [3.8, 4) is 5.75 Å². The van der Waals surface area contributed by atoms with E-state index in [0.717, 1.165) is 24.7 Å². The highest BCUT2D eigenvalue weighted by Gasteiger charge is 2.32. The molecule has 3 rings (SSSR count). The predicted molar refractivity (Wildman–Crippen MR) is 93.6 cm³/mol. The molecular formula is C19H19F3N2O3. The van der Waals surface area contributed by atoms with E-state index in [1.165, 1.54) is 18.2 Å². The molecule has 27 heavy (non-hydrogen) atoms. The molecule has 0 spiro atoms. The summed E-state index contributed by atoms with van der Waals surface area (Å²) in [5.41, 5.74) is 1.27. The minimum atomic E-state index is -4.83. The predicted octanol–water partition coefficient (Wildman–Crippen LogP) is 3.67. The largest absolute Gasteiger partial charge is 0.573 e. The van der Waals surface area contributed by atoms with Gasteiger partial charge in [-0.3, -0.25) is 9.69 Å². The van der Waals surface area contributed by atoms with Crippen LogP contribution in [0.5, 0.6) is 5.75 Å². The Bertz CT molecular complexity index is 790. The molecule has 1 N–H and O–H groups in total. The van der Waals surface area contributed by atoms with Crippen LogP contribution in [0.1, 0.15) is 15.9 Å². The van der Waals surface area contributed by atoms with Gasteiger partial charge in [0.05, 0.1) is 18.9 Å². The number of para-hydroxylation sites is 2. The number of halogens is 3. The molecule has 1 saturated heterocycles. The Morgan fingerprint density at radius 1 is 1.11 bits per heavy atom. The number of anilines is 1. The Morgan fingerprint density at radius 3 is 2.59 bits per heavy atom. The van der Waals surface area contributed by atoms with Gasteiger partial charge in [-0.15, -0.1) is 13.2 Å². The highest BCUT2D eigenvalue weighted by Crippen LogP contribution is 2.30. The zero-order valence-corrected chi connectivity index (χ0v) is 14.5. The van der Waals surface area contributed by atoms with Gasteiger partial charge in [-0.2, -0.15) is 0 Å². The normalized spacial score (nSPS) is 15.4. The molecular weight excluding hydrogens is 361 g/mol. The van der Waals surface area contributed by atoms with Crippen molar-refractivity contribution in [2.24, 2.45) is 0 Å². The first-order valence-electron chi connectivity index (χ1n) is 8.46. The molecule has 2 aromatic rings. The fraction of sp³-hybridized carbons (Fsp3) is 0.316. The summed E-state index contributed by atoms with van der Waals surface area (Å²) in [6.45, 7) is 3.67. The maximum atomic E-state index is 12.5. The highest BCUT2D eigenvalue weighted by atomic mass is 19.4. The van der Waals surface area contributed by atoms with Crippen LogP contribution in [0.4, 0.5) is 18.9 Å².